The first-order chi connectivity index (χ1) is 11.8. The number of nitro groups is 1. The van der Waals surface area contributed by atoms with Crippen molar-refractivity contribution in [1.29, 1.82) is 0 Å². The Morgan fingerprint density at radius 3 is 2.56 bits per heavy atom. The molecule has 0 saturated carbocycles. The van der Waals surface area contributed by atoms with Gasteiger partial charge in [0, 0.05) is 30.6 Å². The minimum absolute atomic E-state index is 0.0712. The van der Waals surface area contributed by atoms with E-state index in [9.17, 15) is 14.9 Å². The summed E-state index contributed by atoms with van der Waals surface area (Å²) in [5.74, 6) is 0.226. The highest BCUT2D eigenvalue weighted by Crippen LogP contribution is 2.36. The molecule has 2 aromatic rings. The molecular weight excluding hydrogens is 369 g/mol. The third kappa shape index (κ3) is 4.60. The maximum atomic E-state index is 11.8. The number of hydrazine groups is 1. The molecule has 0 atom stereocenters. The molecule has 0 unspecified atom stereocenters. The van der Waals surface area contributed by atoms with Crippen LogP contribution in [0.5, 0.6) is 11.5 Å². The second kappa shape index (κ2) is 8.15. The largest absolute Gasteiger partial charge is 0.456 e. The molecule has 0 heterocycles. The van der Waals surface area contributed by atoms with E-state index in [0.29, 0.717) is 22.3 Å². The van der Waals surface area contributed by atoms with Gasteiger partial charge in [-0.2, -0.15) is 0 Å². The summed E-state index contributed by atoms with van der Waals surface area (Å²) in [5, 5.41) is 13.1. The number of carbonyl (C=O) groups excluding carboxylic acids is 1. The Morgan fingerprint density at radius 2 is 2.00 bits per heavy atom. The van der Waals surface area contributed by atoms with E-state index in [-0.39, 0.29) is 17.1 Å². The summed E-state index contributed by atoms with van der Waals surface area (Å²) in [5.41, 5.74) is 2.62. The van der Waals surface area contributed by atoms with Gasteiger partial charge in [-0.1, -0.05) is 30.1 Å². The van der Waals surface area contributed by atoms with Gasteiger partial charge in [0.05, 0.1) is 9.95 Å². The van der Waals surface area contributed by atoms with Gasteiger partial charge in [0.25, 0.3) is 5.69 Å². The lowest BCUT2D eigenvalue weighted by Gasteiger charge is -2.21. The molecule has 25 heavy (non-hydrogen) atoms. The van der Waals surface area contributed by atoms with Gasteiger partial charge in [0.1, 0.15) is 17.2 Å². The molecule has 0 spiro atoms. The highest BCUT2D eigenvalue weighted by atomic mass is 35.5. The number of hydrogen-bond donors (Lipinski definition) is 1. The summed E-state index contributed by atoms with van der Waals surface area (Å²) in [6, 6.07) is 8.80. The monoisotopic (exact) mass is 383 g/mol. The molecule has 0 fully saturated rings. The SMILES string of the molecule is CCNN(C(C)=O)c1cc(Oc2ccc(Cl)cc2Cl)ccc1[N+](=O)[O-]. The van der Waals surface area contributed by atoms with Crippen molar-refractivity contribution < 1.29 is 14.5 Å². The zero-order valence-corrected chi connectivity index (χ0v) is 15.0. The lowest BCUT2D eigenvalue weighted by Crippen LogP contribution is -2.41. The molecule has 0 aliphatic rings. The van der Waals surface area contributed by atoms with Crippen LogP contribution >= 0.6 is 23.2 Å². The first-order valence-electron chi connectivity index (χ1n) is 7.29. The first-order valence-corrected chi connectivity index (χ1v) is 8.04. The molecule has 2 rings (SSSR count). The fourth-order valence-electron chi connectivity index (χ4n) is 2.11. The van der Waals surface area contributed by atoms with Crippen LogP contribution < -0.4 is 15.2 Å². The topological polar surface area (TPSA) is 84.7 Å². The van der Waals surface area contributed by atoms with Crippen molar-refractivity contribution >= 4 is 40.5 Å². The van der Waals surface area contributed by atoms with Gasteiger partial charge >= 0.3 is 0 Å². The number of carbonyl (C=O) groups is 1. The van der Waals surface area contributed by atoms with Gasteiger partial charge in [-0.15, -0.1) is 0 Å². The zero-order valence-electron chi connectivity index (χ0n) is 13.5. The van der Waals surface area contributed by atoms with Crippen LogP contribution in [0.3, 0.4) is 0 Å². The Labute approximate surface area is 154 Å². The highest BCUT2D eigenvalue weighted by Gasteiger charge is 2.23. The highest BCUT2D eigenvalue weighted by molar-refractivity contribution is 6.35. The fraction of sp³-hybridized carbons (Fsp3) is 0.188. The van der Waals surface area contributed by atoms with Crippen molar-refractivity contribution in [3.63, 3.8) is 0 Å². The fourth-order valence-corrected chi connectivity index (χ4v) is 2.56. The van der Waals surface area contributed by atoms with Crippen LogP contribution in [0, 0.1) is 10.1 Å². The Hall–Kier alpha value is -2.35. The van der Waals surface area contributed by atoms with Crippen LogP contribution in [-0.2, 0) is 4.79 Å². The number of anilines is 1. The third-order valence-corrected chi connectivity index (χ3v) is 3.67. The first kappa shape index (κ1) is 19.0. The molecule has 1 N–H and O–H groups in total. The summed E-state index contributed by atoms with van der Waals surface area (Å²) < 4.78 is 5.67. The molecule has 0 aromatic heterocycles. The molecule has 0 bridgehead atoms. The predicted molar refractivity (Wildman–Crippen MR) is 96.5 cm³/mol. The molecule has 9 heteroatoms. The summed E-state index contributed by atoms with van der Waals surface area (Å²) in [7, 11) is 0. The van der Waals surface area contributed by atoms with E-state index in [1.54, 1.807) is 19.1 Å². The Bertz CT molecular complexity index is 814. The number of benzene rings is 2. The van der Waals surface area contributed by atoms with Crippen LogP contribution in [0.15, 0.2) is 36.4 Å². The van der Waals surface area contributed by atoms with E-state index in [1.807, 2.05) is 0 Å². The van der Waals surface area contributed by atoms with Crippen LogP contribution in [0.4, 0.5) is 11.4 Å². The number of halogens is 2. The van der Waals surface area contributed by atoms with Gasteiger partial charge in [-0.05, 0) is 24.3 Å². The molecule has 0 aliphatic carbocycles. The van der Waals surface area contributed by atoms with Crippen molar-refractivity contribution in [2.75, 3.05) is 11.6 Å². The third-order valence-electron chi connectivity index (χ3n) is 3.14. The van der Waals surface area contributed by atoms with Crippen LogP contribution in [0.1, 0.15) is 13.8 Å². The van der Waals surface area contributed by atoms with E-state index in [0.717, 1.165) is 5.01 Å². The number of rotatable bonds is 6. The number of nitro benzene ring substituents is 1. The number of amides is 1. The maximum Gasteiger partial charge on any atom is 0.294 e. The van der Waals surface area contributed by atoms with Crippen LogP contribution in [0.25, 0.3) is 0 Å². The van der Waals surface area contributed by atoms with E-state index < -0.39 is 10.8 Å². The molecule has 7 nitrogen and oxygen atoms in total. The van der Waals surface area contributed by atoms with Crippen LogP contribution in [-0.4, -0.2) is 17.4 Å². The molecule has 1 amide bonds. The van der Waals surface area contributed by atoms with Gasteiger partial charge in [-0.25, -0.2) is 10.4 Å². The second-order valence-electron chi connectivity index (χ2n) is 4.95. The van der Waals surface area contributed by atoms with Crippen molar-refractivity contribution in [2.45, 2.75) is 13.8 Å². The van der Waals surface area contributed by atoms with Crippen LogP contribution in [0.2, 0.25) is 10.0 Å². The quantitative estimate of drug-likeness (QED) is 0.583. The van der Waals surface area contributed by atoms with E-state index >= 15 is 0 Å². The summed E-state index contributed by atoms with van der Waals surface area (Å²) >= 11 is 11.9. The van der Waals surface area contributed by atoms with Crippen molar-refractivity contribution in [1.82, 2.24) is 5.43 Å². The van der Waals surface area contributed by atoms with Crippen molar-refractivity contribution in [2.24, 2.45) is 0 Å². The second-order valence-corrected chi connectivity index (χ2v) is 5.79. The lowest BCUT2D eigenvalue weighted by molar-refractivity contribution is -0.384. The number of ether oxygens (including phenoxy) is 1. The van der Waals surface area contributed by atoms with Gasteiger partial charge < -0.3 is 4.74 Å². The molecule has 2 aromatic carbocycles. The minimum atomic E-state index is -0.568. The average Bonchev–Trinajstić information content (AvgIpc) is 2.54. The minimum Gasteiger partial charge on any atom is -0.456 e. The Balaban J connectivity index is 2.45. The average molecular weight is 384 g/mol. The number of nitrogens with one attached hydrogen (secondary N) is 1. The smallest absolute Gasteiger partial charge is 0.294 e. The molecular formula is C16H15Cl2N3O4. The molecule has 132 valence electrons. The van der Waals surface area contributed by atoms with Gasteiger partial charge in [0.15, 0.2) is 0 Å². The standard InChI is InChI=1S/C16H15Cl2N3O4/c1-3-19-20(10(2)22)15-9-12(5-6-14(15)21(23)24)25-16-7-4-11(17)8-13(16)18/h4-9,19H,3H2,1-2H3. The summed E-state index contributed by atoms with van der Waals surface area (Å²) in [4.78, 5) is 22.5. The molecule has 0 aliphatic heterocycles. The lowest BCUT2D eigenvalue weighted by atomic mass is 10.2. The maximum absolute atomic E-state index is 11.8. The predicted octanol–water partition coefficient (Wildman–Crippen LogP) is 4.57. The van der Waals surface area contributed by atoms with E-state index in [1.165, 1.54) is 31.2 Å². The van der Waals surface area contributed by atoms with E-state index in [4.69, 9.17) is 27.9 Å². The number of nitrogens with zero attached hydrogens (tertiary/aromatic N) is 2. The van der Waals surface area contributed by atoms with E-state index in [2.05, 4.69) is 5.43 Å². The van der Waals surface area contributed by atoms with Gasteiger partial charge in [-0.3, -0.25) is 14.9 Å². The van der Waals surface area contributed by atoms with Gasteiger partial charge in [0.2, 0.25) is 5.91 Å². The zero-order chi connectivity index (χ0) is 18.6. The summed E-state index contributed by atoms with van der Waals surface area (Å²) in [6.45, 7) is 3.48. The molecule has 0 radical (unpaired) electrons. The Morgan fingerprint density at radius 1 is 1.28 bits per heavy atom. The van der Waals surface area contributed by atoms with Crippen molar-refractivity contribution in [3.8, 4) is 11.5 Å². The van der Waals surface area contributed by atoms with Crippen molar-refractivity contribution in [3.05, 3.63) is 56.6 Å². The normalized spacial score (nSPS) is 10.4. The summed E-state index contributed by atoms with van der Waals surface area (Å²) in [6.07, 6.45) is 0. The number of hydrogen-bond acceptors (Lipinski definition) is 5. The Kier molecular flexibility index (Phi) is 6.19. The molecule has 0 saturated heterocycles.